The van der Waals surface area contributed by atoms with E-state index in [4.69, 9.17) is 0 Å². The summed E-state index contributed by atoms with van der Waals surface area (Å²) >= 11 is 1.54. The number of amides is 1. The molecule has 0 aliphatic carbocycles. The predicted molar refractivity (Wildman–Crippen MR) is 112 cm³/mol. The molecule has 6 nitrogen and oxygen atoms in total. The Morgan fingerprint density at radius 1 is 1.04 bits per heavy atom. The fraction of sp³-hybridized carbons (Fsp3) is 0.0476. The van der Waals surface area contributed by atoms with Crippen LogP contribution in [0.3, 0.4) is 0 Å². The van der Waals surface area contributed by atoms with Gasteiger partial charge in [0, 0.05) is 16.1 Å². The third kappa shape index (κ3) is 3.89. The van der Waals surface area contributed by atoms with Gasteiger partial charge in [-0.1, -0.05) is 54.1 Å². The topological polar surface area (TPSA) is 72.7 Å². The summed E-state index contributed by atoms with van der Waals surface area (Å²) in [4.78, 5) is 14.0. The van der Waals surface area contributed by atoms with E-state index >= 15 is 0 Å². The molecule has 0 bridgehead atoms. The first-order valence-electron chi connectivity index (χ1n) is 8.68. The number of benzene rings is 2. The Balaban J connectivity index is 1.74. The van der Waals surface area contributed by atoms with Crippen LogP contribution in [0.1, 0.15) is 10.4 Å². The number of carbonyl (C=O) groups excluding carboxylic acids is 1. The lowest BCUT2D eigenvalue weighted by molar-refractivity contribution is -0.111. The molecule has 0 fully saturated rings. The van der Waals surface area contributed by atoms with Gasteiger partial charge in [0.25, 0.3) is 5.91 Å². The second-order valence-electron chi connectivity index (χ2n) is 6.15. The maximum atomic E-state index is 13.1. The minimum absolute atomic E-state index is 0.290. The molecule has 4 aromatic rings. The smallest absolute Gasteiger partial charge is 0.274 e. The average Bonchev–Trinajstić information content (AvgIpc) is 3.40. The summed E-state index contributed by atoms with van der Waals surface area (Å²) in [5.74, 6) is 0.212. The van der Waals surface area contributed by atoms with Crippen molar-refractivity contribution in [2.45, 2.75) is 6.92 Å². The molecule has 4 rings (SSSR count). The van der Waals surface area contributed by atoms with Gasteiger partial charge < -0.3 is 5.32 Å². The Labute approximate surface area is 166 Å². The van der Waals surface area contributed by atoms with Crippen LogP contribution < -0.4 is 5.32 Å². The molecule has 2 heterocycles. The minimum atomic E-state index is -0.290. The Bertz CT molecular complexity index is 1100. The molecule has 2 aromatic carbocycles. The Morgan fingerprint density at radius 3 is 2.54 bits per heavy atom. The van der Waals surface area contributed by atoms with Crippen LogP contribution in [-0.2, 0) is 4.79 Å². The zero-order valence-electron chi connectivity index (χ0n) is 15.1. The minimum Gasteiger partial charge on any atom is -0.321 e. The van der Waals surface area contributed by atoms with Crippen LogP contribution in [0.15, 0.2) is 72.1 Å². The molecule has 0 aliphatic rings. The second kappa shape index (κ2) is 7.98. The van der Waals surface area contributed by atoms with Gasteiger partial charge in [0.05, 0.1) is 0 Å². The van der Waals surface area contributed by atoms with E-state index in [-0.39, 0.29) is 5.91 Å². The van der Waals surface area contributed by atoms with Crippen LogP contribution in [0, 0.1) is 6.92 Å². The molecule has 0 aliphatic heterocycles. The monoisotopic (exact) mass is 387 g/mol. The highest BCUT2D eigenvalue weighted by molar-refractivity contribution is 7.10. The molecule has 1 amide bonds. The van der Waals surface area contributed by atoms with E-state index in [0.29, 0.717) is 17.2 Å². The molecule has 0 atom stereocenters. The van der Waals surface area contributed by atoms with E-state index in [1.807, 2.05) is 79.0 Å². The van der Waals surface area contributed by atoms with Crippen molar-refractivity contribution >= 4 is 34.7 Å². The lowest BCUT2D eigenvalue weighted by Gasteiger charge is -2.11. The highest BCUT2D eigenvalue weighted by Gasteiger charge is 2.19. The van der Waals surface area contributed by atoms with E-state index in [9.17, 15) is 4.79 Å². The molecular weight excluding hydrogens is 370 g/mol. The zero-order chi connectivity index (χ0) is 19.3. The zero-order valence-corrected chi connectivity index (χ0v) is 15.9. The number of hydrogen-bond acceptors (Lipinski definition) is 5. The number of anilines is 1. The second-order valence-corrected chi connectivity index (χ2v) is 7.12. The number of aryl methyl sites for hydroxylation is 1. The first kappa shape index (κ1) is 17.8. The Hall–Kier alpha value is -3.58. The third-order valence-electron chi connectivity index (χ3n) is 4.09. The van der Waals surface area contributed by atoms with Crippen molar-refractivity contribution in [2.24, 2.45) is 0 Å². The van der Waals surface area contributed by atoms with Crippen LogP contribution in [0.2, 0.25) is 0 Å². The third-order valence-corrected chi connectivity index (χ3v) is 4.91. The standard InChI is InChI=1S/C21H17N5OS/c1-15-9-11-17(12-10-15)22-21(27)19(14-18-8-5-13-28-18)26-20(23-24-25-26)16-6-3-2-4-7-16/h2-14H,1H3,(H,22,27)/b19-14-. The van der Waals surface area contributed by atoms with Gasteiger partial charge in [-0.25, -0.2) is 0 Å². The molecule has 28 heavy (non-hydrogen) atoms. The fourth-order valence-corrected chi connectivity index (χ4v) is 3.33. The van der Waals surface area contributed by atoms with Gasteiger partial charge in [0.1, 0.15) is 5.70 Å². The number of thiophene rings is 1. The van der Waals surface area contributed by atoms with Crippen LogP contribution in [-0.4, -0.2) is 26.1 Å². The van der Waals surface area contributed by atoms with E-state index in [1.54, 1.807) is 6.08 Å². The molecule has 0 spiro atoms. The molecule has 0 saturated carbocycles. The van der Waals surface area contributed by atoms with E-state index in [1.165, 1.54) is 16.0 Å². The van der Waals surface area contributed by atoms with E-state index < -0.39 is 0 Å². The van der Waals surface area contributed by atoms with Crippen molar-refractivity contribution in [3.8, 4) is 11.4 Å². The number of hydrogen-bond donors (Lipinski definition) is 1. The maximum absolute atomic E-state index is 13.1. The molecule has 1 N–H and O–H groups in total. The number of nitrogens with zero attached hydrogens (tertiary/aromatic N) is 4. The van der Waals surface area contributed by atoms with Crippen molar-refractivity contribution in [1.29, 1.82) is 0 Å². The molecule has 7 heteroatoms. The number of tetrazole rings is 1. The quantitative estimate of drug-likeness (QED) is 0.517. The number of rotatable bonds is 5. The van der Waals surface area contributed by atoms with Gasteiger partial charge in [0.2, 0.25) is 0 Å². The first-order valence-corrected chi connectivity index (χ1v) is 9.56. The van der Waals surface area contributed by atoms with Gasteiger partial charge in [-0.15, -0.1) is 16.4 Å². The summed E-state index contributed by atoms with van der Waals surface area (Å²) in [6, 6.07) is 21.1. The van der Waals surface area contributed by atoms with Crippen LogP contribution >= 0.6 is 11.3 Å². The number of aromatic nitrogens is 4. The molecular formula is C21H17N5OS. The van der Waals surface area contributed by atoms with Crippen molar-refractivity contribution in [2.75, 3.05) is 5.32 Å². The largest absolute Gasteiger partial charge is 0.321 e. The van der Waals surface area contributed by atoms with Crippen LogP contribution in [0.5, 0.6) is 0 Å². The molecule has 0 unspecified atom stereocenters. The van der Waals surface area contributed by atoms with E-state index in [2.05, 4.69) is 20.8 Å². The lowest BCUT2D eigenvalue weighted by Crippen LogP contribution is -2.19. The van der Waals surface area contributed by atoms with Crippen molar-refractivity contribution in [3.05, 3.63) is 82.6 Å². The SMILES string of the molecule is Cc1ccc(NC(=O)/C(=C/c2cccs2)n2nnnc2-c2ccccc2)cc1. The summed E-state index contributed by atoms with van der Waals surface area (Å²) < 4.78 is 1.47. The molecule has 0 radical (unpaired) electrons. The van der Waals surface area contributed by atoms with Crippen LogP contribution in [0.4, 0.5) is 5.69 Å². The lowest BCUT2D eigenvalue weighted by atomic mass is 10.2. The fourth-order valence-electron chi connectivity index (χ4n) is 2.68. The van der Waals surface area contributed by atoms with Crippen molar-refractivity contribution in [1.82, 2.24) is 20.2 Å². The highest BCUT2D eigenvalue weighted by Crippen LogP contribution is 2.23. The molecule has 138 valence electrons. The summed E-state index contributed by atoms with van der Waals surface area (Å²) in [5, 5.41) is 16.9. The van der Waals surface area contributed by atoms with Crippen molar-refractivity contribution < 1.29 is 4.79 Å². The van der Waals surface area contributed by atoms with Gasteiger partial charge in [0.15, 0.2) is 5.82 Å². The number of carbonyl (C=O) groups is 1. The van der Waals surface area contributed by atoms with Crippen molar-refractivity contribution in [3.63, 3.8) is 0 Å². The Morgan fingerprint density at radius 2 is 1.82 bits per heavy atom. The highest BCUT2D eigenvalue weighted by atomic mass is 32.1. The van der Waals surface area contributed by atoms with Gasteiger partial charge in [-0.3, -0.25) is 4.79 Å². The first-order chi connectivity index (χ1) is 13.7. The summed E-state index contributed by atoms with van der Waals surface area (Å²) in [6.45, 7) is 2.00. The van der Waals surface area contributed by atoms with Gasteiger partial charge in [-0.2, -0.15) is 4.68 Å². The summed E-state index contributed by atoms with van der Waals surface area (Å²) in [7, 11) is 0. The van der Waals surface area contributed by atoms with Gasteiger partial charge in [-0.05, 0) is 47.0 Å². The van der Waals surface area contributed by atoms with Crippen LogP contribution in [0.25, 0.3) is 23.2 Å². The predicted octanol–water partition coefficient (Wildman–Crippen LogP) is 4.35. The molecule has 2 aromatic heterocycles. The average molecular weight is 387 g/mol. The van der Waals surface area contributed by atoms with Gasteiger partial charge >= 0.3 is 0 Å². The summed E-state index contributed by atoms with van der Waals surface area (Å²) in [6.07, 6.45) is 1.79. The van der Waals surface area contributed by atoms with E-state index in [0.717, 1.165) is 16.0 Å². The number of nitrogens with one attached hydrogen (secondary N) is 1. The molecule has 0 saturated heterocycles. The normalized spacial score (nSPS) is 11.4. The Kier molecular flexibility index (Phi) is 5.07. The maximum Gasteiger partial charge on any atom is 0.274 e. The summed E-state index contributed by atoms with van der Waals surface area (Å²) in [5.41, 5.74) is 3.00.